The number of hydrogen-bond acceptors (Lipinski definition) is 5. The number of benzene rings is 1. The number of aryl methyl sites for hydroxylation is 1. The third kappa shape index (κ3) is 2.30. The summed E-state index contributed by atoms with van der Waals surface area (Å²) >= 11 is 0. The van der Waals surface area contributed by atoms with Crippen LogP contribution in [0.3, 0.4) is 0 Å². The summed E-state index contributed by atoms with van der Waals surface area (Å²) in [6.07, 6.45) is 0. The van der Waals surface area contributed by atoms with Gasteiger partial charge in [0.25, 0.3) is 10.0 Å². The predicted octanol–water partition coefficient (Wildman–Crippen LogP) is 1.80. The van der Waals surface area contributed by atoms with Crippen molar-refractivity contribution in [3.63, 3.8) is 0 Å². The lowest BCUT2D eigenvalue weighted by molar-refractivity contribution is 0.430. The first-order chi connectivity index (χ1) is 8.40. The van der Waals surface area contributed by atoms with Gasteiger partial charge in [-0.1, -0.05) is 11.2 Å². The molecule has 0 radical (unpaired) electrons. The van der Waals surface area contributed by atoms with Gasteiger partial charge in [-0.2, -0.15) is 0 Å². The number of anilines is 1. The maximum atomic E-state index is 12.0. The first-order valence-corrected chi connectivity index (χ1v) is 6.63. The van der Waals surface area contributed by atoms with Gasteiger partial charge in [-0.15, -0.1) is 0 Å². The summed E-state index contributed by atoms with van der Waals surface area (Å²) in [7, 11) is -3.79. The van der Waals surface area contributed by atoms with Crippen molar-refractivity contribution in [2.45, 2.75) is 18.7 Å². The van der Waals surface area contributed by atoms with Crippen LogP contribution in [0.4, 0.5) is 5.88 Å². The molecule has 96 valence electrons. The van der Waals surface area contributed by atoms with Gasteiger partial charge in [0.05, 0.1) is 10.6 Å². The Bertz CT molecular complexity index is 676. The van der Waals surface area contributed by atoms with Crippen LogP contribution >= 0.6 is 0 Å². The molecule has 7 heteroatoms. The van der Waals surface area contributed by atoms with Crippen LogP contribution in [0.1, 0.15) is 11.3 Å². The van der Waals surface area contributed by atoms with Crippen LogP contribution in [-0.4, -0.2) is 18.7 Å². The molecule has 0 saturated heterocycles. The SMILES string of the molecule is Cc1noc(NS(=O)(=O)c2cccc(O)c2)c1C. The van der Waals surface area contributed by atoms with Crippen molar-refractivity contribution in [1.29, 1.82) is 0 Å². The molecule has 1 heterocycles. The maximum Gasteiger partial charge on any atom is 0.264 e. The zero-order valence-electron chi connectivity index (χ0n) is 9.84. The first-order valence-electron chi connectivity index (χ1n) is 5.15. The lowest BCUT2D eigenvalue weighted by atomic mass is 10.3. The third-order valence-electron chi connectivity index (χ3n) is 2.51. The molecule has 0 atom stereocenters. The van der Waals surface area contributed by atoms with E-state index >= 15 is 0 Å². The fraction of sp³-hybridized carbons (Fsp3) is 0.182. The van der Waals surface area contributed by atoms with E-state index in [0.29, 0.717) is 11.3 Å². The van der Waals surface area contributed by atoms with Crippen LogP contribution in [0.2, 0.25) is 0 Å². The quantitative estimate of drug-likeness (QED) is 0.885. The number of phenols is 1. The second-order valence-electron chi connectivity index (χ2n) is 3.82. The number of hydrogen-bond donors (Lipinski definition) is 2. The van der Waals surface area contributed by atoms with Gasteiger partial charge in [0.1, 0.15) is 5.75 Å². The molecule has 6 nitrogen and oxygen atoms in total. The van der Waals surface area contributed by atoms with E-state index in [1.54, 1.807) is 13.8 Å². The summed E-state index contributed by atoms with van der Waals surface area (Å²) in [6, 6.07) is 5.37. The Morgan fingerprint density at radius 2 is 2.06 bits per heavy atom. The van der Waals surface area contributed by atoms with Crippen LogP contribution in [0.5, 0.6) is 5.75 Å². The summed E-state index contributed by atoms with van der Waals surface area (Å²) in [5, 5.41) is 12.9. The highest BCUT2D eigenvalue weighted by atomic mass is 32.2. The Labute approximate surface area is 104 Å². The van der Waals surface area contributed by atoms with Crippen LogP contribution in [-0.2, 0) is 10.0 Å². The molecule has 0 amide bonds. The van der Waals surface area contributed by atoms with Crippen molar-refractivity contribution in [2.24, 2.45) is 0 Å². The number of phenolic OH excluding ortho intramolecular Hbond substituents is 1. The zero-order valence-corrected chi connectivity index (χ0v) is 10.7. The lowest BCUT2D eigenvalue weighted by Gasteiger charge is -2.05. The van der Waals surface area contributed by atoms with Crippen LogP contribution < -0.4 is 4.72 Å². The van der Waals surface area contributed by atoms with E-state index in [2.05, 4.69) is 9.88 Å². The van der Waals surface area contributed by atoms with Crippen molar-refractivity contribution < 1.29 is 18.0 Å². The second kappa shape index (κ2) is 4.34. The summed E-state index contributed by atoms with van der Waals surface area (Å²) in [6.45, 7) is 3.41. The molecule has 0 aliphatic carbocycles. The zero-order chi connectivity index (χ0) is 13.3. The standard InChI is InChI=1S/C11H12N2O4S/c1-7-8(2)12-17-11(7)13-18(15,16)10-5-3-4-9(14)6-10/h3-6,13-14H,1-2H3. The molecule has 0 unspecified atom stereocenters. The van der Waals surface area contributed by atoms with Crippen molar-refractivity contribution in [3.05, 3.63) is 35.5 Å². The lowest BCUT2D eigenvalue weighted by Crippen LogP contribution is -2.13. The highest BCUT2D eigenvalue weighted by Crippen LogP contribution is 2.23. The number of nitrogens with one attached hydrogen (secondary N) is 1. The van der Waals surface area contributed by atoms with Crippen LogP contribution in [0.15, 0.2) is 33.7 Å². The van der Waals surface area contributed by atoms with Gasteiger partial charge in [0, 0.05) is 11.6 Å². The highest BCUT2D eigenvalue weighted by molar-refractivity contribution is 7.92. The van der Waals surface area contributed by atoms with Crippen molar-refractivity contribution in [1.82, 2.24) is 5.16 Å². The first kappa shape index (κ1) is 12.4. The van der Waals surface area contributed by atoms with Crippen LogP contribution in [0, 0.1) is 13.8 Å². The molecule has 0 bridgehead atoms. The van der Waals surface area contributed by atoms with E-state index < -0.39 is 10.0 Å². The molecule has 0 aliphatic rings. The van der Waals surface area contributed by atoms with E-state index in [4.69, 9.17) is 4.52 Å². The Morgan fingerprint density at radius 3 is 2.61 bits per heavy atom. The minimum atomic E-state index is -3.79. The van der Waals surface area contributed by atoms with Gasteiger partial charge in [0.2, 0.25) is 5.88 Å². The minimum Gasteiger partial charge on any atom is -0.508 e. The van der Waals surface area contributed by atoms with E-state index in [0.717, 1.165) is 6.07 Å². The number of rotatable bonds is 3. The predicted molar refractivity (Wildman–Crippen MR) is 64.9 cm³/mol. The van der Waals surface area contributed by atoms with Gasteiger partial charge < -0.3 is 9.63 Å². The second-order valence-corrected chi connectivity index (χ2v) is 5.51. The number of aromatic nitrogens is 1. The number of nitrogens with zero attached hydrogens (tertiary/aromatic N) is 1. The Kier molecular flexibility index (Phi) is 3.00. The highest BCUT2D eigenvalue weighted by Gasteiger charge is 2.19. The Hall–Kier alpha value is -2.02. The molecule has 1 aromatic heterocycles. The average molecular weight is 268 g/mol. The summed E-state index contributed by atoms with van der Waals surface area (Å²) in [5.41, 5.74) is 1.24. The minimum absolute atomic E-state index is 0.0454. The van der Waals surface area contributed by atoms with E-state index in [1.807, 2.05) is 0 Å². The molecule has 0 saturated carbocycles. The number of sulfonamides is 1. The average Bonchev–Trinajstić information content (AvgIpc) is 2.61. The largest absolute Gasteiger partial charge is 0.508 e. The molecule has 2 rings (SSSR count). The summed E-state index contributed by atoms with van der Waals surface area (Å²) in [5.74, 6) is -0.0424. The fourth-order valence-corrected chi connectivity index (χ4v) is 2.43. The molecule has 0 fully saturated rings. The van der Waals surface area contributed by atoms with E-state index in [1.165, 1.54) is 18.2 Å². The molecule has 2 aromatic rings. The summed E-state index contributed by atoms with van der Waals surface area (Å²) in [4.78, 5) is -0.0454. The van der Waals surface area contributed by atoms with Gasteiger partial charge in [-0.25, -0.2) is 13.1 Å². The van der Waals surface area contributed by atoms with Gasteiger partial charge in [0.15, 0.2) is 0 Å². The van der Waals surface area contributed by atoms with Gasteiger partial charge in [-0.05, 0) is 26.0 Å². The van der Waals surface area contributed by atoms with E-state index in [-0.39, 0.29) is 16.5 Å². The third-order valence-corrected chi connectivity index (χ3v) is 3.84. The normalized spacial score (nSPS) is 11.4. The monoisotopic (exact) mass is 268 g/mol. The molecular weight excluding hydrogens is 256 g/mol. The molecule has 2 N–H and O–H groups in total. The molecule has 0 spiro atoms. The topological polar surface area (TPSA) is 92.4 Å². The van der Waals surface area contributed by atoms with Gasteiger partial charge >= 0.3 is 0 Å². The van der Waals surface area contributed by atoms with Gasteiger partial charge in [-0.3, -0.25) is 0 Å². The van der Waals surface area contributed by atoms with Crippen LogP contribution in [0.25, 0.3) is 0 Å². The van der Waals surface area contributed by atoms with Crippen molar-refractivity contribution in [2.75, 3.05) is 4.72 Å². The van der Waals surface area contributed by atoms with Crippen molar-refractivity contribution >= 4 is 15.9 Å². The summed E-state index contributed by atoms with van der Waals surface area (Å²) < 4.78 is 31.2. The molecule has 18 heavy (non-hydrogen) atoms. The molecule has 0 aliphatic heterocycles. The Morgan fingerprint density at radius 1 is 1.33 bits per heavy atom. The number of aromatic hydroxyl groups is 1. The molecule has 1 aromatic carbocycles. The fourth-order valence-electron chi connectivity index (χ4n) is 1.34. The van der Waals surface area contributed by atoms with E-state index in [9.17, 15) is 13.5 Å². The Balaban J connectivity index is 2.36. The van der Waals surface area contributed by atoms with Crippen molar-refractivity contribution in [3.8, 4) is 5.75 Å². The maximum absolute atomic E-state index is 12.0. The smallest absolute Gasteiger partial charge is 0.264 e. The molecular formula is C11H12N2O4S.